The minimum atomic E-state index is -0.0209. The lowest BCUT2D eigenvalue weighted by atomic mass is 10.1. The zero-order valence-electron chi connectivity index (χ0n) is 7.90. The van der Waals surface area contributed by atoms with E-state index in [1.54, 1.807) is 18.2 Å². The van der Waals surface area contributed by atoms with E-state index in [9.17, 15) is 4.79 Å². The van der Waals surface area contributed by atoms with Gasteiger partial charge in [-0.3, -0.25) is 4.79 Å². The lowest BCUT2D eigenvalue weighted by molar-refractivity contribution is 0.101. The number of carbonyl (C=O) groups is 1. The van der Waals surface area contributed by atoms with Gasteiger partial charge in [0.1, 0.15) is 11.2 Å². The first-order valence-corrected chi connectivity index (χ1v) is 4.75. The molecule has 0 bridgehead atoms. The molecule has 14 heavy (non-hydrogen) atoms. The van der Waals surface area contributed by atoms with Gasteiger partial charge < -0.3 is 4.74 Å². The van der Waals surface area contributed by atoms with Gasteiger partial charge in [-0.1, -0.05) is 0 Å². The Balaban J connectivity index is 3.15. The molecule has 0 aliphatic rings. The van der Waals surface area contributed by atoms with E-state index in [-0.39, 0.29) is 5.78 Å². The van der Waals surface area contributed by atoms with E-state index in [2.05, 4.69) is 0 Å². The first-order valence-electron chi connectivity index (χ1n) is 3.94. The number of carbonyl (C=O) groups excluding carboxylic acids is 1. The third-order valence-electron chi connectivity index (χ3n) is 1.73. The van der Waals surface area contributed by atoms with Crippen molar-refractivity contribution >= 4 is 17.5 Å². The predicted molar refractivity (Wildman–Crippen MR) is 54.5 cm³/mol. The molecule has 0 N–H and O–H groups in total. The lowest BCUT2D eigenvalue weighted by Crippen LogP contribution is -1.93. The molecule has 0 amide bonds. The van der Waals surface area contributed by atoms with Crippen molar-refractivity contribution in [1.29, 1.82) is 5.26 Å². The number of nitrogens with zero attached hydrogens (tertiary/aromatic N) is 1. The first-order chi connectivity index (χ1) is 6.69. The summed E-state index contributed by atoms with van der Waals surface area (Å²) in [5.41, 5.74) is 0.587. The molecular weight excluding hydrogens is 198 g/mol. The molecule has 1 rings (SSSR count). The van der Waals surface area contributed by atoms with Crippen LogP contribution in [0.4, 0.5) is 0 Å². The van der Waals surface area contributed by atoms with E-state index in [1.807, 2.05) is 5.40 Å². The monoisotopic (exact) mass is 207 g/mol. The maximum atomic E-state index is 11.1. The molecule has 0 saturated heterocycles. The van der Waals surface area contributed by atoms with Crippen LogP contribution in [-0.4, -0.2) is 12.9 Å². The Hall–Kier alpha value is -1.47. The number of thiocyanates is 1. The summed E-state index contributed by atoms with van der Waals surface area (Å²) in [7, 11) is 1.53. The summed E-state index contributed by atoms with van der Waals surface area (Å²) in [6.07, 6.45) is 0. The van der Waals surface area contributed by atoms with Gasteiger partial charge in [0.05, 0.1) is 12.0 Å². The van der Waals surface area contributed by atoms with Crippen LogP contribution >= 0.6 is 11.8 Å². The zero-order valence-corrected chi connectivity index (χ0v) is 8.72. The Kier molecular flexibility index (Phi) is 3.55. The molecular formula is C10H9NO2S. The summed E-state index contributed by atoms with van der Waals surface area (Å²) < 4.78 is 5.05. The van der Waals surface area contributed by atoms with Crippen LogP contribution in [0, 0.1) is 10.7 Å². The second-order valence-electron chi connectivity index (χ2n) is 2.62. The van der Waals surface area contributed by atoms with E-state index in [1.165, 1.54) is 14.0 Å². The fourth-order valence-corrected chi connectivity index (χ4v) is 1.56. The van der Waals surface area contributed by atoms with Crippen molar-refractivity contribution < 1.29 is 9.53 Å². The molecule has 0 aliphatic carbocycles. The molecule has 0 aromatic heterocycles. The summed E-state index contributed by atoms with van der Waals surface area (Å²) in [4.78, 5) is 11.7. The average Bonchev–Trinajstić information content (AvgIpc) is 2.18. The molecule has 0 atom stereocenters. The molecule has 4 heteroatoms. The summed E-state index contributed by atoms with van der Waals surface area (Å²) >= 11 is 0.986. The van der Waals surface area contributed by atoms with Gasteiger partial charge in [-0.05, 0) is 36.9 Å². The highest BCUT2D eigenvalue weighted by molar-refractivity contribution is 8.03. The molecule has 72 valence electrons. The number of ketones is 1. The second kappa shape index (κ2) is 4.68. The Bertz CT molecular complexity index is 396. The third-order valence-corrected chi connectivity index (χ3v) is 2.36. The zero-order chi connectivity index (χ0) is 10.6. The molecule has 0 aliphatic heterocycles. The molecule has 0 heterocycles. The molecule has 0 saturated carbocycles. The normalized spacial score (nSPS) is 9.21. The smallest absolute Gasteiger partial charge is 0.159 e. The van der Waals surface area contributed by atoms with Crippen LogP contribution in [0.3, 0.4) is 0 Å². The van der Waals surface area contributed by atoms with Crippen molar-refractivity contribution in [2.24, 2.45) is 0 Å². The average molecular weight is 207 g/mol. The fraction of sp³-hybridized carbons (Fsp3) is 0.200. The van der Waals surface area contributed by atoms with Gasteiger partial charge in [-0.2, -0.15) is 5.26 Å². The predicted octanol–water partition coefficient (Wildman–Crippen LogP) is 2.47. The maximum absolute atomic E-state index is 11.1. The van der Waals surface area contributed by atoms with Crippen LogP contribution in [0.1, 0.15) is 17.3 Å². The maximum Gasteiger partial charge on any atom is 0.159 e. The van der Waals surface area contributed by atoms with Gasteiger partial charge in [0, 0.05) is 5.56 Å². The number of rotatable bonds is 3. The quantitative estimate of drug-likeness (QED) is 0.434. The summed E-state index contributed by atoms with van der Waals surface area (Å²) in [5, 5.41) is 10.5. The molecule has 1 aromatic rings. The number of nitriles is 1. The highest BCUT2D eigenvalue weighted by Crippen LogP contribution is 2.29. The van der Waals surface area contributed by atoms with E-state index < -0.39 is 0 Å². The Morgan fingerprint density at radius 3 is 2.79 bits per heavy atom. The number of Topliss-reactive ketones (excluding diaryl/α,β-unsaturated/α-hetero) is 1. The fourth-order valence-electron chi connectivity index (χ4n) is 1.02. The van der Waals surface area contributed by atoms with Crippen molar-refractivity contribution in [3.05, 3.63) is 23.8 Å². The van der Waals surface area contributed by atoms with Crippen LogP contribution in [0.2, 0.25) is 0 Å². The number of thioether (sulfide) groups is 1. The Morgan fingerprint density at radius 1 is 1.57 bits per heavy atom. The van der Waals surface area contributed by atoms with Crippen LogP contribution in [0.25, 0.3) is 0 Å². The minimum absolute atomic E-state index is 0.0209. The highest BCUT2D eigenvalue weighted by Gasteiger charge is 2.07. The van der Waals surface area contributed by atoms with Crippen molar-refractivity contribution in [2.75, 3.05) is 7.11 Å². The van der Waals surface area contributed by atoms with Crippen molar-refractivity contribution in [1.82, 2.24) is 0 Å². The summed E-state index contributed by atoms with van der Waals surface area (Å²) in [6.45, 7) is 1.49. The van der Waals surface area contributed by atoms with E-state index in [4.69, 9.17) is 10.00 Å². The number of ether oxygens (including phenoxy) is 1. The number of hydrogen-bond acceptors (Lipinski definition) is 4. The number of benzene rings is 1. The molecule has 0 radical (unpaired) electrons. The van der Waals surface area contributed by atoms with Crippen LogP contribution in [0.15, 0.2) is 23.1 Å². The van der Waals surface area contributed by atoms with Gasteiger partial charge in [0.15, 0.2) is 5.78 Å². The van der Waals surface area contributed by atoms with Gasteiger partial charge in [0.25, 0.3) is 0 Å². The second-order valence-corrected chi connectivity index (χ2v) is 3.44. The highest BCUT2D eigenvalue weighted by atomic mass is 32.2. The molecule has 3 nitrogen and oxygen atoms in total. The Labute approximate surface area is 86.7 Å². The van der Waals surface area contributed by atoms with Crippen molar-refractivity contribution in [2.45, 2.75) is 11.8 Å². The SMILES string of the molecule is COc1ccc(C(C)=O)cc1SC#N. The molecule has 1 aromatic carbocycles. The molecule has 0 spiro atoms. The van der Waals surface area contributed by atoms with Crippen LogP contribution in [-0.2, 0) is 0 Å². The van der Waals surface area contributed by atoms with Crippen LogP contribution < -0.4 is 4.74 Å². The van der Waals surface area contributed by atoms with Gasteiger partial charge in [-0.25, -0.2) is 0 Å². The third kappa shape index (κ3) is 2.27. The van der Waals surface area contributed by atoms with E-state index in [0.29, 0.717) is 16.2 Å². The summed E-state index contributed by atoms with van der Waals surface area (Å²) in [6, 6.07) is 5.04. The minimum Gasteiger partial charge on any atom is -0.496 e. The lowest BCUT2D eigenvalue weighted by Gasteiger charge is -2.05. The standard InChI is InChI=1S/C10H9NO2S/c1-7(12)8-3-4-9(13-2)10(5-8)14-6-11/h3-5H,1-2H3. The van der Waals surface area contributed by atoms with Crippen molar-refractivity contribution in [3.63, 3.8) is 0 Å². The van der Waals surface area contributed by atoms with Gasteiger partial charge in [-0.15, -0.1) is 0 Å². The summed E-state index contributed by atoms with van der Waals surface area (Å²) in [5.74, 6) is 0.592. The van der Waals surface area contributed by atoms with E-state index in [0.717, 1.165) is 11.8 Å². The number of methoxy groups -OCH3 is 1. The number of hydrogen-bond donors (Lipinski definition) is 0. The van der Waals surface area contributed by atoms with Crippen LogP contribution in [0.5, 0.6) is 5.75 Å². The first kappa shape index (κ1) is 10.6. The molecule has 0 unspecified atom stereocenters. The molecule has 0 fully saturated rings. The van der Waals surface area contributed by atoms with Crippen molar-refractivity contribution in [3.8, 4) is 11.2 Å². The largest absolute Gasteiger partial charge is 0.496 e. The van der Waals surface area contributed by atoms with E-state index >= 15 is 0 Å². The topological polar surface area (TPSA) is 50.1 Å². The van der Waals surface area contributed by atoms with Gasteiger partial charge >= 0.3 is 0 Å². The van der Waals surface area contributed by atoms with Gasteiger partial charge in [0.2, 0.25) is 0 Å². The Morgan fingerprint density at radius 2 is 2.29 bits per heavy atom.